The number of carboxylic acid groups (broad SMARTS) is 1. The number of carbonyl (C=O) groups is 2. The first-order valence-corrected chi connectivity index (χ1v) is 6.55. The molecule has 2 atom stereocenters. The number of para-hydroxylation sites is 1. The van der Waals surface area contributed by atoms with E-state index in [1.807, 2.05) is 6.92 Å². The van der Waals surface area contributed by atoms with Gasteiger partial charge in [-0.3, -0.25) is 4.79 Å². The number of urea groups is 1. The molecule has 6 nitrogen and oxygen atoms in total. The lowest BCUT2D eigenvalue weighted by Gasteiger charge is -2.17. The Labute approximate surface area is 117 Å². The fraction of sp³-hybridized carbons (Fsp3) is 0.429. The minimum Gasteiger partial charge on any atom is -0.481 e. The summed E-state index contributed by atoms with van der Waals surface area (Å²) >= 11 is 0. The van der Waals surface area contributed by atoms with Crippen LogP contribution >= 0.6 is 0 Å². The molecule has 2 amide bonds. The Hall–Kier alpha value is -2.08. The molecule has 1 fully saturated rings. The number of ether oxygens (including phenoxy) is 1. The van der Waals surface area contributed by atoms with E-state index in [0.717, 1.165) is 6.42 Å². The molecule has 1 saturated heterocycles. The van der Waals surface area contributed by atoms with Crippen molar-refractivity contribution in [2.24, 2.45) is 0 Å². The van der Waals surface area contributed by atoms with Crippen LogP contribution in [0.25, 0.3) is 0 Å². The first kappa shape index (κ1) is 14.3. The molecule has 1 aromatic carbocycles. The fourth-order valence-electron chi connectivity index (χ4n) is 2.21. The number of aliphatic carboxylic acids is 1. The van der Waals surface area contributed by atoms with Crippen LogP contribution < -0.4 is 10.6 Å². The first-order valence-electron chi connectivity index (χ1n) is 6.55. The minimum atomic E-state index is -0.933. The average molecular weight is 278 g/mol. The van der Waals surface area contributed by atoms with Crippen LogP contribution in [0.2, 0.25) is 0 Å². The van der Waals surface area contributed by atoms with Gasteiger partial charge in [-0.05, 0) is 25.0 Å². The molecule has 2 unspecified atom stereocenters. The lowest BCUT2D eigenvalue weighted by molar-refractivity contribution is -0.136. The van der Waals surface area contributed by atoms with E-state index in [1.165, 1.54) is 0 Å². The summed E-state index contributed by atoms with van der Waals surface area (Å²) in [4.78, 5) is 22.7. The molecule has 6 heteroatoms. The first-order chi connectivity index (χ1) is 9.56. The molecule has 20 heavy (non-hydrogen) atoms. The smallest absolute Gasteiger partial charge is 0.319 e. The van der Waals surface area contributed by atoms with E-state index in [2.05, 4.69) is 10.6 Å². The number of hydrogen-bond donors (Lipinski definition) is 3. The number of amides is 2. The summed E-state index contributed by atoms with van der Waals surface area (Å²) in [7, 11) is 0. The van der Waals surface area contributed by atoms with E-state index < -0.39 is 5.97 Å². The summed E-state index contributed by atoms with van der Waals surface area (Å²) in [6.45, 7) is 2.55. The van der Waals surface area contributed by atoms with Gasteiger partial charge in [-0.25, -0.2) is 4.79 Å². The SMILES string of the molecule is CC1OCCC1NC(=O)Nc1ccccc1CC(=O)O. The van der Waals surface area contributed by atoms with E-state index in [0.29, 0.717) is 17.9 Å². The Morgan fingerprint density at radius 2 is 2.15 bits per heavy atom. The second-order valence-electron chi connectivity index (χ2n) is 4.80. The third-order valence-electron chi connectivity index (χ3n) is 3.30. The van der Waals surface area contributed by atoms with Gasteiger partial charge in [0.1, 0.15) is 0 Å². The standard InChI is InChI=1S/C14H18N2O4/c1-9-11(6-7-20-9)15-14(19)16-12-5-3-2-4-10(12)8-13(17)18/h2-5,9,11H,6-8H2,1H3,(H,17,18)(H2,15,16,19). The Kier molecular flexibility index (Phi) is 4.57. The van der Waals surface area contributed by atoms with Gasteiger partial charge in [0.25, 0.3) is 0 Å². The predicted octanol–water partition coefficient (Wildman–Crippen LogP) is 1.61. The maximum absolute atomic E-state index is 11.9. The lowest BCUT2D eigenvalue weighted by Crippen LogP contribution is -2.41. The zero-order chi connectivity index (χ0) is 14.5. The average Bonchev–Trinajstić information content (AvgIpc) is 2.77. The van der Waals surface area contributed by atoms with Crippen molar-refractivity contribution < 1.29 is 19.4 Å². The highest BCUT2D eigenvalue weighted by atomic mass is 16.5. The van der Waals surface area contributed by atoms with Gasteiger partial charge in [-0.2, -0.15) is 0 Å². The molecule has 0 aromatic heterocycles. The third kappa shape index (κ3) is 3.71. The Morgan fingerprint density at radius 1 is 1.40 bits per heavy atom. The molecule has 0 spiro atoms. The molecular weight excluding hydrogens is 260 g/mol. The van der Waals surface area contributed by atoms with Crippen molar-refractivity contribution in [2.45, 2.75) is 31.9 Å². The van der Waals surface area contributed by atoms with Gasteiger partial charge in [0, 0.05) is 12.3 Å². The summed E-state index contributed by atoms with van der Waals surface area (Å²) < 4.78 is 5.37. The molecule has 2 rings (SSSR count). The summed E-state index contributed by atoms with van der Waals surface area (Å²) in [6, 6.07) is 6.51. The zero-order valence-corrected chi connectivity index (χ0v) is 11.3. The molecule has 0 aliphatic carbocycles. The van der Waals surface area contributed by atoms with E-state index in [-0.39, 0.29) is 24.6 Å². The van der Waals surface area contributed by atoms with Crippen LogP contribution in [-0.2, 0) is 16.0 Å². The lowest BCUT2D eigenvalue weighted by atomic mass is 10.1. The van der Waals surface area contributed by atoms with Gasteiger partial charge in [0.15, 0.2) is 0 Å². The van der Waals surface area contributed by atoms with Crippen LogP contribution in [0, 0.1) is 0 Å². The molecule has 0 bridgehead atoms. The van der Waals surface area contributed by atoms with Crippen LogP contribution in [0.5, 0.6) is 0 Å². The van der Waals surface area contributed by atoms with Crippen molar-refractivity contribution in [2.75, 3.05) is 11.9 Å². The largest absolute Gasteiger partial charge is 0.481 e. The minimum absolute atomic E-state index is 0.00462. The molecule has 0 radical (unpaired) electrons. The molecule has 3 N–H and O–H groups in total. The zero-order valence-electron chi connectivity index (χ0n) is 11.3. The van der Waals surface area contributed by atoms with Crippen LogP contribution in [-0.4, -0.2) is 35.9 Å². The van der Waals surface area contributed by atoms with Gasteiger partial charge in [-0.15, -0.1) is 0 Å². The second kappa shape index (κ2) is 6.38. The molecule has 1 aliphatic heterocycles. The monoisotopic (exact) mass is 278 g/mol. The van der Waals surface area contributed by atoms with Crippen molar-refractivity contribution in [1.29, 1.82) is 0 Å². The number of benzene rings is 1. The third-order valence-corrected chi connectivity index (χ3v) is 3.30. The highest BCUT2D eigenvalue weighted by Gasteiger charge is 2.25. The second-order valence-corrected chi connectivity index (χ2v) is 4.80. The van der Waals surface area contributed by atoms with Crippen LogP contribution in [0.4, 0.5) is 10.5 Å². The Bertz CT molecular complexity index is 504. The molecule has 1 heterocycles. The van der Waals surface area contributed by atoms with Gasteiger partial charge < -0.3 is 20.5 Å². The highest BCUT2D eigenvalue weighted by molar-refractivity contribution is 5.91. The Balaban J connectivity index is 1.98. The quantitative estimate of drug-likeness (QED) is 0.781. The highest BCUT2D eigenvalue weighted by Crippen LogP contribution is 2.17. The number of rotatable bonds is 4. The van der Waals surface area contributed by atoms with Gasteiger partial charge in [-0.1, -0.05) is 18.2 Å². The number of carboxylic acids is 1. The van der Waals surface area contributed by atoms with E-state index in [9.17, 15) is 9.59 Å². The summed E-state index contributed by atoms with van der Waals surface area (Å²) in [5.74, 6) is -0.933. The number of hydrogen-bond acceptors (Lipinski definition) is 3. The van der Waals surface area contributed by atoms with Gasteiger partial charge in [0.05, 0.1) is 18.6 Å². The topological polar surface area (TPSA) is 87.7 Å². The summed E-state index contributed by atoms with van der Waals surface area (Å²) in [6.07, 6.45) is 0.653. The van der Waals surface area contributed by atoms with Crippen LogP contribution in [0.1, 0.15) is 18.9 Å². The van der Waals surface area contributed by atoms with Crippen LogP contribution in [0.3, 0.4) is 0 Å². The summed E-state index contributed by atoms with van der Waals surface area (Å²) in [5.41, 5.74) is 1.09. The van der Waals surface area contributed by atoms with Crippen LogP contribution in [0.15, 0.2) is 24.3 Å². The number of nitrogens with one attached hydrogen (secondary N) is 2. The maximum atomic E-state index is 11.9. The van der Waals surface area contributed by atoms with E-state index >= 15 is 0 Å². The van der Waals surface area contributed by atoms with Crippen molar-refractivity contribution in [3.8, 4) is 0 Å². The Morgan fingerprint density at radius 3 is 2.80 bits per heavy atom. The van der Waals surface area contributed by atoms with Crippen molar-refractivity contribution in [3.05, 3.63) is 29.8 Å². The van der Waals surface area contributed by atoms with Crippen molar-refractivity contribution in [1.82, 2.24) is 5.32 Å². The van der Waals surface area contributed by atoms with Crippen molar-refractivity contribution in [3.63, 3.8) is 0 Å². The molecular formula is C14H18N2O4. The number of carbonyl (C=O) groups excluding carboxylic acids is 1. The summed E-state index contributed by atoms with van der Waals surface area (Å²) in [5, 5.41) is 14.4. The van der Waals surface area contributed by atoms with Crippen molar-refractivity contribution >= 4 is 17.7 Å². The fourth-order valence-corrected chi connectivity index (χ4v) is 2.21. The molecule has 1 aliphatic rings. The number of anilines is 1. The normalized spacial score (nSPS) is 21.4. The molecule has 0 saturated carbocycles. The van der Waals surface area contributed by atoms with E-state index in [1.54, 1.807) is 24.3 Å². The van der Waals surface area contributed by atoms with Gasteiger partial charge >= 0.3 is 12.0 Å². The predicted molar refractivity (Wildman–Crippen MR) is 73.8 cm³/mol. The van der Waals surface area contributed by atoms with Gasteiger partial charge in [0.2, 0.25) is 0 Å². The maximum Gasteiger partial charge on any atom is 0.319 e. The molecule has 108 valence electrons. The van der Waals surface area contributed by atoms with E-state index in [4.69, 9.17) is 9.84 Å². The molecule has 1 aromatic rings.